The lowest BCUT2D eigenvalue weighted by molar-refractivity contribution is -0.274. The minimum Gasteiger partial charge on any atom is -0.487 e. The first kappa shape index (κ1) is 25.0. The molecule has 0 spiro atoms. The summed E-state index contributed by atoms with van der Waals surface area (Å²) in [6.45, 7) is 0.248. The largest absolute Gasteiger partial charge is 0.573 e. The Morgan fingerprint density at radius 2 is 1.64 bits per heavy atom. The second kappa shape index (κ2) is 11.6. The topological polar surface area (TPSA) is 75.2 Å². The number of aromatic nitrogens is 4. The van der Waals surface area contributed by atoms with E-state index in [4.69, 9.17) is 9.15 Å². The molecule has 10 heteroatoms. The Balaban J connectivity index is 1.19. The van der Waals surface area contributed by atoms with E-state index < -0.39 is 6.36 Å². The maximum Gasteiger partial charge on any atom is 0.573 e. The molecule has 4 rings (SSSR count). The van der Waals surface area contributed by atoms with Crippen LogP contribution in [0.4, 0.5) is 13.2 Å². The molecule has 0 fully saturated rings. The van der Waals surface area contributed by atoms with Gasteiger partial charge in [0.2, 0.25) is 5.89 Å². The molecule has 188 valence electrons. The summed E-state index contributed by atoms with van der Waals surface area (Å²) >= 11 is 0. The minimum atomic E-state index is -4.71. The van der Waals surface area contributed by atoms with Crippen molar-refractivity contribution >= 4 is 12.2 Å². The van der Waals surface area contributed by atoms with Crippen molar-refractivity contribution < 1.29 is 27.1 Å². The average Bonchev–Trinajstić information content (AvgIpc) is 3.48. The smallest absolute Gasteiger partial charge is 0.487 e. The van der Waals surface area contributed by atoms with Gasteiger partial charge in [-0.3, -0.25) is 0 Å². The van der Waals surface area contributed by atoms with Crippen LogP contribution >= 0.6 is 0 Å². The number of aryl methyl sites for hydroxylation is 3. The van der Waals surface area contributed by atoms with Crippen LogP contribution < -0.4 is 9.47 Å². The molecule has 0 aliphatic heterocycles. The van der Waals surface area contributed by atoms with Crippen molar-refractivity contribution in [3.05, 3.63) is 89.4 Å². The molecule has 0 bridgehead atoms. The molecule has 0 unspecified atom stereocenters. The predicted octanol–water partition coefficient (Wildman–Crippen LogP) is 6.02. The normalized spacial score (nSPS) is 11.8. The van der Waals surface area contributed by atoms with Crippen LogP contribution in [0.5, 0.6) is 11.5 Å². The molecule has 0 amide bonds. The molecule has 2 aromatic heterocycles. The van der Waals surface area contributed by atoms with Crippen LogP contribution in [0.1, 0.15) is 41.2 Å². The quantitative estimate of drug-likeness (QED) is 0.236. The van der Waals surface area contributed by atoms with Crippen molar-refractivity contribution in [2.45, 2.75) is 38.7 Å². The van der Waals surface area contributed by atoms with E-state index >= 15 is 0 Å². The summed E-state index contributed by atoms with van der Waals surface area (Å²) in [6.07, 6.45) is 5.93. The molecule has 0 atom stereocenters. The first-order valence-electron chi connectivity index (χ1n) is 11.4. The van der Waals surface area contributed by atoms with Crippen LogP contribution in [-0.2, 0) is 26.5 Å². The van der Waals surface area contributed by atoms with Crippen LogP contribution in [0.15, 0.2) is 65.4 Å². The molecule has 0 N–H and O–H groups in total. The number of rotatable bonds is 11. The Morgan fingerprint density at radius 1 is 0.917 bits per heavy atom. The number of benzene rings is 2. The molecule has 0 aliphatic carbocycles. The second-order valence-corrected chi connectivity index (χ2v) is 8.09. The van der Waals surface area contributed by atoms with Gasteiger partial charge in [0.05, 0.1) is 11.9 Å². The Morgan fingerprint density at radius 3 is 2.33 bits per heavy atom. The standard InChI is InChI=1S/C26H25F3N4O3/c1-33-30-16-21(32-33)5-3-2-4-19-6-11-23(12-7-19)34-17-22-18-35-25(31-22)15-10-20-8-13-24(14-9-20)36-26(27,28)29/h6-16,18H,2-5,17H2,1H3/b15-10+. The van der Waals surface area contributed by atoms with Crippen LogP contribution in [-0.4, -0.2) is 26.3 Å². The number of alkyl halides is 3. The minimum absolute atomic E-state index is 0.248. The fourth-order valence-electron chi connectivity index (χ4n) is 3.46. The van der Waals surface area contributed by atoms with Crippen molar-refractivity contribution in [3.8, 4) is 11.5 Å². The fourth-order valence-corrected chi connectivity index (χ4v) is 3.46. The number of hydrogen-bond donors (Lipinski definition) is 0. The van der Waals surface area contributed by atoms with Crippen LogP contribution in [0.2, 0.25) is 0 Å². The molecule has 0 saturated heterocycles. The summed E-state index contributed by atoms with van der Waals surface area (Å²) in [5.74, 6) is 0.822. The lowest BCUT2D eigenvalue weighted by Gasteiger charge is -2.08. The summed E-state index contributed by atoms with van der Waals surface area (Å²) in [6, 6.07) is 13.5. The van der Waals surface area contributed by atoms with Gasteiger partial charge >= 0.3 is 6.36 Å². The Hall–Kier alpha value is -4.08. The van der Waals surface area contributed by atoms with Gasteiger partial charge in [-0.1, -0.05) is 24.3 Å². The van der Waals surface area contributed by atoms with Gasteiger partial charge in [-0.15, -0.1) is 13.2 Å². The Kier molecular flexibility index (Phi) is 8.04. The van der Waals surface area contributed by atoms with Gasteiger partial charge in [0, 0.05) is 13.1 Å². The highest BCUT2D eigenvalue weighted by molar-refractivity contribution is 5.66. The van der Waals surface area contributed by atoms with Crippen molar-refractivity contribution in [3.63, 3.8) is 0 Å². The van der Waals surface area contributed by atoms with E-state index in [1.54, 1.807) is 23.1 Å². The zero-order chi connectivity index (χ0) is 25.4. The molecular weight excluding hydrogens is 473 g/mol. The van der Waals surface area contributed by atoms with Gasteiger partial charge in [0.25, 0.3) is 0 Å². The number of nitrogens with zero attached hydrogens (tertiary/aromatic N) is 4. The summed E-state index contributed by atoms with van der Waals surface area (Å²) in [5, 5.41) is 8.37. The lowest BCUT2D eigenvalue weighted by atomic mass is 10.1. The third kappa shape index (κ3) is 8.00. The number of unbranched alkanes of at least 4 members (excludes halogenated alkanes) is 1. The Bertz CT molecular complexity index is 1260. The van der Waals surface area contributed by atoms with Gasteiger partial charge in [-0.25, -0.2) is 4.98 Å². The summed E-state index contributed by atoms with van der Waals surface area (Å²) in [4.78, 5) is 5.91. The number of hydrogen-bond acceptors (Lipinski definition) is 6. The second-order valence-electron chi connectivity index (χ2n) is 8.09. The van der Waals surface area contributed by atoms with E-state index in [0.29, 0.717) is 17.1 Å². The molecule has 0 radical (unpaired) electrons. The Labute approximate surface area is 206 Å². The zero-order valence-electron chi connectivity index (χ0n) is 19.6. The fraction of sp³-hybridized carbons (Fsp3) is 0.269. The highest BCUT2D eigenvalue weighted by Crippen LogP contribution is 2.23. The van der Waals surface area contributed by atoms with Crippen LogP contribution in [0.3, 0.4) is 0 Å². The number of ether oxygens (including phenoxy) is 2. The molecule has 36 heavy (non-hydrogen) atoms. The lowest BCUT2D eigenvalue weighted by Crippen LogP contribution is -2.16. The van der Waals surface area contributed by atoms with Crippen molar-refractivity contribution in [1.29, 1.82) is 0 Å². The molecule has 2 heterocycles. The third-order valence-corrected chi connectivity index (χ3v) is 5.21. The van der Waals surface area contributed by atoms with Crippen LogP contribution in [0, 0.1) is 0 Å². The zero-order valence-corrected chi connectivity index (χ0v) is 19.6. The van der Waals surface area contributed by atoms with E-state index in [-0.39, 0.29) is 12.4 Å². The van der Waals surface area contributed by atoms with E-state index in [1.165, 1.54) is 36.1 Å². The highest BCUT2D eigenvalue weighted by atomic mass is 19.4. The summed E-state index contributed by atoms with van der Waals surface area (Å²) in [5.41, 5.74) is 3.56. The van der Waals surface area contributed by atoms with E-state index in [1.807, 2.05) is 19.2 Å². The molecule has 2 aromatic carbocycles. The average molecular weight is 499 g/mol. The highest BCUT2D eigenvalue weighted by Gasteiger charge is 2.30. The summed E-state index contributed by atoms with van der Waals surface area (Å²) in [7, 11) is 1.82. The molecular formula is C26H25F3N4O3. The van der Waals surface area contributed by atoms with Gasteiger partial charge in [-0.2, -0.15) is 15.0 Å². The first-order chi connectivity index (χ1) is 17.3. The van der Waals surface area contributed by atoms with Gasteiger partial charge in [0.1, 0.15) is 30.1 Å². The van der Waals surface area contributed by atoms with E-state index in [2.05, 4.69) is 32.1 Å². The maximum absolute atomic E-state index is 12.2. The van der Waals surface area contributed by atoms with Gasteiger partial charge < -0.3 is 13.9 Å². The molecule has 7 nitrogen and oxygen atoms in total. The van der Waals surface area contributed by atoms with Crippen molar-refractivity contribution in [2.75, 3.05) is 0 Å². The summed E-state index contributed by atoms with van der Waals surface area (Å²) < 4.78 is 51.8. The first-order valence-corrected chi connectivity index (χ1v) is 11.4. The van der Waals surface area contributed by atoms with Crippen LogP contribution in [0.25, 0.3) is 12.2 Å². The molecule has 0 saturated carbocycles. The van der Waals surface area contributed by atoms with E-state index in [0.717, 1.165) is 37.1 Å². The van der Waals surface area contributed by atoms with E-state index in [9.17, 15) is 13.2 Å². The monoisotopic (exact) mass is 498 g/mol. The maximum atomic E-state index is 12.2. The van der Waals surface area contributed by atoms with Gasteiger partial charge in [0.15, 0.2) is 0 Å². The van der Waals surface area contributed by atoms with Crippen molar-refractivity contribution in [2.24, 2.45) is 7.05 Å². The number of oxazole rings is 1. The van der Waals surface area contributed by atoms with Gasteiger partial charge in [-0.05, 0) is 67.2 Å². The SMILES string of the molecule is Cn1ncc(CCCCc2ccc(OCc3coc(/C=C/c4ccc(OC(F)(F)F)cc4)n3)cc2)n1. The number of halogens is 3. The predicted molar refractivity (Wildman–Crippen MR) is 127 cm³/mol. The third-order valence-electron chi connectivity index (χ3n) is 5.21. The molecule has 4 aromatic rings. The molecule has 0 aliphatic rings. The van der Waals surface area contributed by atoms with Crippen molar-refractivity contribution in [1.82, 2.24) is 20.0 Å².